The van der Waals surface area contributed by atoms with Crippen LogP contribution in [-0.2, 0) is 21.0 Å². The topological polar surface area (TPSA) is 79.4 Å². The van der Waals surface area contributed by atoms with E-state index in [2.05, 4.69) is 10.3 Å². The number of hydrogen-bond donors (Lipinski definition) is 1. The third kappa shape index (κ3) is 4.54. The van der Waals surface area contributed by atoms with Crippen LogP contribution in [0, 0.1) is 0 Å². The molecule has 1 N–H and O–H groups in total. The molecule has 0 aliphatic carbocycles. The summed E-state index contributed by atoms with van der Waals surface area (Å²) in [6.45, 7) is -0.569. The summed E-state index contributed by atoms with van der Waals surface area (Å²) in [5, 5.41) is 3.36. The van der Waals surface area contributed by atoms with Crippen LogP contribution in [0.25, 0.3) is 10.8 Å². The van der Waals surface area contributed by atoms with E-state index in [4.69, 9.17) is 0 Å². The molecule has 0 bridgehead atoms. The fourth-order valence-electron chi connectivity index (χ4n) is 2.75. The van der Waals surface area contributed by atoms with Crippen LogP contribution < -0.4 is 5.32 Å². The number of nitrogens with zero attached hydrogens (tertiary/aromatic N) is 2. The van der Waals surface area contributed by atoms with E-state index < -0.39 is 34.2 Å². The van der Waals surface area contributed by atoms with Gasteiger partial charge in [-0.2, -0.15) is 17.5 Å². The lowest BCUT2D eigenvalue weighted by Crippen LogP contribution is -2.35. The van der Waals surface area contributed by atoms with Crippen molar-refractivity contribution in [2.24, 2.45) is 0 Å². The van der Waals surface area contributed by atoms with Gasteiger partial charge in [0.1, 0.15) is 0 Å². The molecular weight excluding hydrogens is 407 g/mol. The Labute approximate surface area is 165 Å². The number of rotatable bonds is 5. The van der Waals surface area contributed by atoms with Crippen molar-refractivity contribution in [1.29, 1.82) is 0 Å². The number of alkyl halides is 3. The lowest BCUT2D eigenvalue weighted by Gasteiger charge is -2.18. The highest BCUT2D eigenvalue weighted by atomic mass is 32.2. The summed E-state index contributed by atoms with van der Waals surface area (Å²) in [6.07, 6.45) is -1.57. The smallest absolute Gasteiger partial charge is 0.325 e. The third-order valence-electron chi connectivity index (χ3n) is 4.17. The molecule has 1 aromatic heterocycles. The minimum Gasteiger partial charge on any atom is -0.325 e. The number of pyridine rings is 1. The van der Waals surface area contributed by atoms with Crippen LogP contribution in [0.3, 0.4) is 0 Å². The maximum absolute atomic E-state index is 12.9. The zero-order valence-electron chi connectivity index (χ0n) is 15.1. The van der Waals surface area contributed by atoms with Crippen LogP contribution >= 0.6 is 0 Å². The van der Waals surface area contributed by atoms with Gasteiger partial charge >= 0.3 is 6.18 Å². The molecule has 0 saturated heterocycles. The number of sulfonamides is 1. The number of benzene rings is 2. The van der Waals surface area contributed by atoms with Gasteiger partial charge in [0, 0.05) is 35.9 Å². The molecule has 0 aliphatic heterocycles. The number of nitrogens with one attached hydrogen (secondary N) is 1. The second-order valence-corrected chi connectivity index (χ2v) is 8.25. The van der Waals surface area contributed by atoms with Crippen molar-refractivity contribution in [2.75, 3.05) is 18.9 Å². The lowest BCUT2D eigenvalue weighted by atomic mass is 10.2. The first-order chi connectivity index (χ1) is 13.6. The SMILES string of the molecule is CN(CC(=O)Nc1cccc(C(F)(F)F)c1)S(=O)(=O)c1cccc2cnccc12. The number of halogens is 3. The molecule has 3 rings (SSSR count). The molecule has 0 spiro atoms. The van der Waals surface area contributed by atoms with Crippen LogP contribution in [0.2, 0.25) is 0 Å². The number of carbonyl (C=O) groups excluding carboxylic acids is 1. The number of carbonyl (C=O) groups is 1. The minimum absolute atomic E-state index is 0.00627. The molecule has 0 unspecified atom stereocenters. The molecule has 6 nitrogen and oxygen atoms in total. The van der Waals surface area contributed by atoms with Crippen molar-refractivity contribution < 1.29 is 26.4 Å². The number of hydrogen-bond acceptors (Lipinski definition) is 4. The molecule has 1 heterocycles. The van der Waals surface area contributed by atoms with Gasteiger partial charge in [-0.3, -0.25) is 9.78 Å². The molecule has 29 heavy (non-hydrogen) atoms. The molecule has 0 aliphatic rings. The van der Waals surface area contributed by atoms with E-state index in [1.807, 2.05) is 0 Å². The monoisotopic (exact) mass is 423 g/mol. The number of anilines is 1. The molecule has 3 aromatic rings. The van der Waals surface area contributed by atoms with Gasteiger partial charge in [-0.15, -0.1) is 0 Å². The molecule has 1 amide bonds. The molecule has 0 fully saturated rings. The van der Waals surface area contributed by atoms with Crippen LogP contribution in [0.4, 0.5) is 18.9 Å². The normalized spacial score (nSPS) is 12.3. The van der Waals surface area contributed by atoms with Gasteiger partial charge in [-0.05, 0) is 30.3 Å². The average Bonchev–Trinajstić information content (AvgIpc) is 2.67. The first kappa shape index (κ1) is 20.7. The second kappa shape index (κ2) is 7.80. The van der Waals surface area contributed by atoms with Gasteiger partial charge in [0.2, 0.25) is 15.9 Å². The number of fused-ring (bicyclic) bond motifs is 1. The van der Waals surface area contributed by atoms with Crippen molar-refractivity contribution in [3.8, 4) is 0 Å². The summed E-state index contributed by atoms with van der Waals surface area (Å²) in [5.74, 6) is -0.766. The number of aromatic nitrogens is 1. The van der Waals surface area contributed by atoms with Crippen molar-refractivity contribution in [3.05, 3.63) is 66.5 Å². The molecule has 2 aromatic carbocycles. The van der Waals surface area contributed by atoms with Gasteiger partial charge in [0.05, 0.1) is 17.0 Å². The Morgan fingerprint density at radius 3 is 2.59 bits per heavy atom. The van der Waals surface area contributed by atoms with Crippen molar-refractivity contribution in [3.63, 3.8) is 0 Å². The van der Waals surface area contributed by atoms with Gasteiger partial charge in [-0.25, -0.2) is 8.42 Å². The summed E-state index contributed by atoms with van der Waals surface area (Å²) in [7, 11) is -2.80. The predicted octanol–water partition coefficient (Wildman–Crippen LogP) is 3.51. The summed E-state index contributed by atoms with van der Waals surface area (Å²) >= 11 is 0. The van der Waals surface area contributed by atoms with E-state index in [1.165, 1.54) is 31.6 Å². The first-order valence-corrected chi connectivity index (χ1v) is 9.79. The van der Waals surface area contributed by atoms with E-state index in [1.54, 1.807) is 18.2 Å². The van der Waals surface area contributed by atoms with E-state index in [-0.39, 0.29) is 10.6 Å². The largest absolute Gasteiger partial charge is 0.416 e. The molecule has 0 saturated carbocycles. The Balaban J connectivity index is 1.79. The Morgan fingerprint density at radius 2 is 1.86 bits per heavy atom. The Hall–Kier alpha value is -2.98. The Morgan fingerprint density at radius 1 is 1.14 bits per heavy atom. The quantitative estimate of drug-likeness (QED) is 0.681. The van der Waals surface area contributed by atoms with E-state index >= 15 is 0 Å². The maximum atomic E-state index is 12.9. The number of likely N-dealkylation sites (N-methyl/N-ethyl adjacent to an activating group) is 1. The highest BCUT2D eigenvalue weighted by molar-refractivity contribution is 7.89. The van der Waals surface area contributed by atoms with Crippen molar-refractivity contribution >= 4 is 32.4 Å². The van der Waals surface area contributed by atoms with Crippen LogP contribution in [0.15, 0.2) is 65.8 Å². The fourth-order valence-corrected chi connectivity index (χ4v) is 4.08. The van der Waals surface area contributed by atoms with E-state index in [0.717, 1.165) is 22.5 Å². The van der Waals surface area contributed by atoms with Crippen LogP contribution in [0.5, 0.6) is 0 Å². The number of amides is 1. The van der Waals surface area contributed by atoms with Gasteiger partial charge < -0.3 is 5.32 Å². The van der Waals surface area contributed by atoms with Gasteiger partial charge in [-0.1, -0.05) is 18.2 Å². The summed E-state index contributed by atoms with van der Waals surface area (Å²) < 4.78 is 65.0. The predicted molar refractivity (Wildman–Crippen MR) is 102 cm³/mol. The van der Waals surface area contributed by atoms with Gasteiger partial charge in [0.25, 0.3) is 0 Å². The zero-order chi connectivity index (χ0) is 21.2. The molecule has 0 radical (unpaired) electrons. The lowest BCUT2D eigenvalue weighted by molar-refractivity contribution is -0.137. The Bertz CT molecular complexity index is 1160. The zero-order valence-corrected chi connectivity index (χ0v) is 16.0. The van der Waals surface area contributed by atoms with E-state index in [9.17, 15) is 26.4 Å². The van der Waals surface area contributed by atoms with Crippen molar-refractivity contribution in [2.45, 2.75) is 11.1 Å². The third-order valence-corrected chi connectivity index (χ3v) is 6.03. The second-order valence-electron chi connectivity index (χ2n) is 6.24. The highest BCUT2D eigenvalue weighted by Gasteiger charge is 2.30. The fraction of sp³-hybridized carbons (Fsp3) is 0.158. The summed E-state index contributed by atoms with van der Waals surface area (Å²) in [5.41, 5.74) is -0.993. The standard InChI is InChI=1S/C19H16F3N3O3S/c1-25(12-18(26)24-15-6-3-5-14(10-15)19(20,21)22)29(27,28)17-7-2-4-13-11-23-9-8-16(13)17/h2-11H,12H2,1H3,(H,24,26). The molecular formula is C19H16F3N3O3S. The van der Waals surface area contributed by atoms with E-state index in [0.29, 0.717) is 10.8 Å². The van der Waals surface area contributed by atoms with Crippen LogP contribution in [0.1, 0.15) is 5.56 Å². The molecule has 0 atom stereocenters. The average molecular weight is 423 g/mol. The maximum Gasteiger partial charge on any atom is 0.416 e. The summed E-state index contributed by atoms with van der Waals surface area (Å²) in [6, 6.07) is 10.3. The van der Waals surface area contributed by atoms with Crippen LogP contribution in [-0.4, -0.2) is 37.2 Å². The Kier molecular flexibility index (Phi) is 5.58. The van der Waals surface area contributed by atoms with Gasteiger partial charge in [0.15, 0.2) is 0 Å². The highest BCUT2D eigenvalue weighted by Crippen LogP contribution is 2.30. The molecule has 152 valence electrons. The van der Waals surface area contributed by atoms with Crippen molar-refractivity contribution in [1.82, 2.24) is 9.29 Å². The summed E-state index contributed by atoms with van der Waals surface area (Å²) in [4.78, 5) is 16.2. The first-order valence-electron chi connectivity index (χ1n) is 8.35. The minimum atomic E-state index is -4.55. The molecule has 10 heteroatoms.